The Balaban J connectivity index is 2.63. The summed E-state index contributed by atoms with van der Waals surface area (Å²) in [5.41, 5.74) is 1.75. The highest BCUT2D eigenvalue weighted by Crippen LogP contribution is 2.20. The second-order valence-electron chi connectivity index (χ2n) is 4.35. The number of aliphatic hydroxyl groups excluding tert-OH is 1. The van der Waals surface area contributed by atoms with Gasteiger partial charge in [0.05, 0.1) is 6.10 Å². The van der Waals surface area contributed by atoms with Gasteiger partial charge in [-0.1, -0.05) is 35.9 Å². The third-order valence-electron chi connectivity index (χ3n) is 2.51. The topological polar surface area (TPSA) is 40.5 Å². The van der Waals surface area contributed by atoms with Crippen LogP contribution in [0.1, 0.15) is 25.0 Å². The quantitative estimate of drug-likeness (QED) is 0.809. The molecule has 0 spiro atoms. The summed E-state index contributed by atoms with van der Waals surface area (Å²) in [6.07, 6.45) is 1.48. The van der Waals surface area contributed by atoms with Crippen molar-refractivity contribution in [1.29, 1.82) is 0 Å². The fraction of sp³-hybridized carbons (Fsp3) is 0.357. The van der Waals surface area contributed by atoms with Gasteiger partial charge in [0.15, 0.2) is 0 Å². The molecule has 0 bridgehead atoms. The molecule has 92 valence electrons. The third kappa shape index (κ3) is 4.41. The number of likely N-dealkylation sites (N-methyl/N-ethyl adjacent to an activating group) is 1. The Morgan fingerprint density at radius 1 is 1.35 bits per heavy atom. The summed E-state index contributed by atoms with van der Waals surface area (Å²) in [5, 5.41) is 9.98. The number of hydrogen-bond acceptors (Lipinski definition) is 2. The van der Waals surface area contributed by atoms with E-state index in [0.29, 0.717) is 6.42 Å². The van der Waals surface area contributed by atoms with Crippen molar-refractivity contribution in [3.63, 3.8) is 0 Å². The first-order chi connectivity index (χ1) is 8.00. The van der Waals surface area contributed by atoms with Crippen molar-refractivity contribution in [2.24, 2.45) is 0 Å². The summed E-state index contributed by atoms with van der Waals surface area (Å²) < 4.78 is 0. The first-order valence-electron chi connectivity index (χ1n) is 5.62. The van der Waals surface area contributed by atoms with Crippen LogP contribution in [-0.4, -0.2) is 30.0 Å². The van der Waals surface area contributed by atoms with E-state index in [1.54, 1.807) is 20.2 Å². The van der Waals surface area contributed by atoms with Gasteiger partial charge in [-0.05, 0) is 18.9 Å². The van der Waals surface area contributed by atoms with Crippen molar-refractivity contribution in [2.45, 2.75) is 19.4 Å². The van der Waals surface area contributed by atoms with Crippen LogP contribution in [0.2, 0.25) is 0 Å². The van der Waals surface area contributed by atoms with Gasteiger partial charge in [0.2, 0.25) is 5.91 Å². The van der Waals surface area contributed by atoms with Gasteiger partial charge < -0.3 is 10.0 Å². The average Bonchev–Trinajstić information content (AvgIpc) is 2.29. The smallest absolute Gasteiger partial charge is 0.245 e. The fourth-order valence-corrected chi connectivity index (χ4v) is 1.50. The number of carbonyl (C=O) groups is 1. The van der Waals surface area contributed by atoms with Crippen LogP contribution in [0.25, 0.3) is 0 Å². The minimum absolute atomic E-state index is 0.0530. The first-order valence-corrected chi connectivity index (χ1v) is 5.62. The number of aliphatic hydroxyl groups is 1. The molecule has 0 fully saturated rings. The Hall–Kier alpha value is -1.61. The lowest BCUT2D eigenvalue weighted by atomic mass is 10.0. The Morgan fingerprint density at radius 2 is 1.94 bits per heavy atom. The molecule has 1 aromatic carbocycles. The van der Waals surface area contributed by atoms with Gasteiger partial charge in [0.1, 0.15) is 0 Å². The summed E-state index contributed by atoms with van der Waals surface area (Å²) in [6, 6.07) is 9.46. The third-order valence-corrected chi connectivity index (χ3v) is 2.51. The van der Waals surface area contributed by atoms with Crippen LogP contribution in [-0.2, 0) is 4.79 Å². The van der Waals surface area contributed by atoms with Crippen molar-refractivity contribution in [2.75, 3.05) is 14.1 Å². The van der Waals surface area contributed by atoms with E-state index in [9.17, 15) is 9.90 Å². The second-order valence-corrected chi connectivity index (χ2v) is 4.35. The summed E-state index contributed by atoms with van der Waals surface area (Å²) in [6.45, 7) is 1.85. The molecule has 3 nitrogen and oxygen atoms in total. The maximum absolute atomic E-state index is 11.4. The molecule has 0 saturated heterocycles. The molecule has 0 aliphatic rings. The van der Waals surface area contributed by atoms with Crippen molar-refractivity contribution in [1.82, 2.24) is 4.90 Å². The van der Waals surface area contributed by atoms with Gasteiger partial charge in [-0.3, -0.25) is 4.79 Å². The number of carbonyl (C=O) groups excluding carboxylic acids is 1. The molecule has 1 unspecified atom stereocenters. The summed E-state index contributed by atoms with van der Waals surface area (Å²) in [4.78, 5) is 13.0. The van der Waals surface area contributed by atoms with Crippen LogP contribution in [0.4, 0.5) is 0 Å². The SMILES string of the molecule is C/C(=C/C(=O)N(C)C)CC(O)c1ccccc1. The molecule has 0 aliphatic carbocycles. The average molecular weight is 233 g/mol. The summed E-state index contributed by atoms with van der Waals surface area (Å²) in [5.74, 6) is -0.0530. The molecular formula is C14H19NO2. The normalized spacial score (nSPS) is 13.3. The van der Waals surface area contributed by atoms with E-state index in [1.165, 1.54) is 4.90 Å². The maximum Gasteiger partial charge on any atom is 0.245 e. The van der Waals surface area contributed by atoms with Gasteiger partial charge >= 0.3 is 0 Å². The van der Waals surface area contributed by atoms with Crippen molar-refractivity contribution >= 4 is 5.91 Å². The molecule has 0 aromatic heterocycles. The largest absolute Gasteiger partial charge is 0.388 e. The Labute approximate surface area is 102 Å². The zero-order valence-electron chi connectivity index (χ0n) is 10.6. The molecule has 1 rings (SSSR count). The van der Waals surface area contributed by atoms with Crippen molar-refractivity contribution in [3.8, 4) is 0 Å². The number of nitrogens with zero attached hydrogens (tertiary/aromatic N) is 1. The Bertz CT molecular complexity index is 396. The van der Waals surface area contributed by atoms with E-state index in [0.717, 1.165) is 11.1 Å². The van der Waals surface area contributed by atoms with Crippen molar-refractivity contribution in [3.05, 3.63) is 47.5 Å². The van der Waals surface area contributed by atoms with Crippen LogP contribution in [0.3, 0.4) is 0 Å². The van der Waals surface area contributed by atoms with Crippen LogP contribution >= 0.6 is 0 Å². The van der Waals surface area contributed by atoms with Crippen LogP contribution in [0.5, 0.6) is 0 Å². The van der Waals surface area contributed by atoms with E-state index >= 15 is 0 Å². The van der Waals surface area contributed by atoms with Crippen LogP contribution in [0.15, 0.2) is 42.0 Å². The first kappa shape index (κ1) is 13.5. The standard InChI is InChI=1S/C14H19NO2/c1-11(10-14(17)15(2)3)9-13(16)12-7-5-4-6-8-12/h4-8,10,13,16H,9H2,1-3H3/b11-10-. The predicted molar refractivity (Wildman–Crippen MR) is 68.5 cm³/mol. The number of rotatable bonds is 4. The fourth-order valence-electron chi connectivity index (χ4n) is 1.50. The highest BCUT2D eigenvalue weighted by atomic mass is 16.3. The van der Waals surface area contributed by atoms with Gasteiger partial charge in [0, 0.05) is 20.2 Å². The zero-order chi connectivity index (χ0) is 12.8. The highest BCUT2D eigenvalue weighted by molar-refractivity contribution is 5.87. The zero-order valence-corrected chi connectivity index (χ0v) is 10.6. The van der Waals surface area contributed by atoms with Gasteiger partial charge in [-0.25, -0.2) is 0 Å². The van der Waals surface area contributed by atoms with Crippen molar-refractivity contribution < 1.29 is 9.90 Å². The number of hydrogen-bond donors (Lipinski definition) is 1. The van der Waals surface area contributed by atoms with Gasteiger partial charge in [-0.2, -0.15) is 0 Å². The van der Waals surface area contributed by atoms with E-state index < -0.39 is 6.10 Å². The van der Waals surface area contributed by atoms with Gasteiger partial charge in [0.25, 0.3) is 0 Å². The predicted octanol–water partition coefficient (Wildman–Crippen LogP) is 2.14. The van der Waals surface area contributed by atoms with E-state index in [1.807, 2.05) is 37.3 Å². The molecule has 0 saturated carbocycles. The van der Waals surface area contributed by atoms with Gasteiger partial charge in [-0.15, -0.1) is 0 Å². The number of amides is 1. The molecule has 1 amide bonds. The molecule has 0 heterocycles. The molecule has 0 radical (unpaired) electrons. The summed E-state index contributed by atoms with van der Waals surface area (Å²) >= 11 is 0. The Morgan fingerprint density at radius 3 is 2.47 bits per heavy atom. The lowest BCUT2D eigenvalue weighted by Gasteiger charge is -2.12. The lowest BCUT2D eigenvalue weighted by molar-refractivity contribution is -0.123. The molecule has 1 aromatic rings. The molecule has 3 heteroatoms. The Kier molecular flexibility index (Phi) is 4.91. The maximum atomic E-state index is 11.4. The lowest BCUT2D eigenvalue weighted by Crippen LogP contribution is -2.19. The highest BCUT2D eigenvalue weighted by Gasteiger charge is 2.08. The number of benzene rings is 1. The van der Waals surface area contributed by atoms with Crippen LogP contribution < -0.4 is 0 Å². The monoisotopic (exact) mass is 233 g/mol. The molecule has 17 heavy (non-hydrogen) atoms. The van der Waals surface area contributed by atoms with Crippen LogP contribution in [0, 0.1) is 0 Å². The van der Waals surface area contributed by atoms with E-state index in [-0.39, 0.29) is 5.91 Å². The van der Waals surface area contributed by atoms with E-state index in [4.69, 9.17) is 0 Å². The minimum Gasteiger partial charge on any atom is -0.388 e. The molecule has 1 atom stereocenters. The molecular weight excluding hydrogens is 214 g/mol. The summed E-state index contributed by atoms with van der Waals surface area (Å²) in [7, 11) is 3.42. The molecule has 0 aliphatic heterocycles. The van der Waals surface area contributed by atoms with E-state index in [2.05, 4.69) is 0 Å². The minimum atomic E-state index is -0.553. The molecule has 1 N–H and O–H groups in total. The second kappa shape index (κ2) is 6.21.